The lowest BCUT2D eigenvalue weighted by atomic mass is 10.2. The molecule has 1 aromatic rings. The van der Waals surface area contributed by atoms with Gasteiger partial charge in [-0.15, -0.1) is 0 Å². The second-order valence-corrected chi connectivity index (χ2v) is 4.95. The zero-order valence-corrected chi connectivity index (χ0v) is 11.9. The summed E-state index contributed by atoms with van der Waals surface area (Å²) in [5, 5.41) is 0. The molecule has 0 fully saturated rings. The van der Waals surface area contributed by atoms with Crippen molar-refractivity contribution in [3.8, 4) is 0 Å². The maximum atomic E-state index is 4.33. The van der Waals surface area contributed by atoms with Crippen LogP contribution in [0.25, 0.3) is 0 Å². The molecule has 0 saturated heterocycles. The lowest BCUT2D eigenvalue weighted by Crippen LogP contribution is -2.40. The molecular weight excluding hydrogens is 268 g/mol. The molecule has 5 heteroatoms. The minimum atomic E-state index is 0.422. The van der Waals surface area contributed by atoms with Crippen LogP contribution in [-0.2, 0) is 0 Å². The van der Waals surface area contributed by atoms with Gasteiger partial charge in [-0.25, -0.2) is 9.97 Å². The number of anilines is 1. The summed E-state index contributed by atoms with van der Waals surface area (Å²) in [5.74, 6) is 0.965. The Morgan fingerprint density at radius 3 is 2.62 bits per heavy atom. The van der Waals surface area contributed by atoms with Crippen molar-refractivity contribution in [3.63, 3.8) is 0 Å². The first-order valence-electron chi connectivity index (χ1n) is 5.43. The Morgan fingerprint density at radius 2 is 2.12 bits per heavy atom. The molecule has 0 aromatic carbocycles. The van der Waals surface area contributed by atoms with E-state index in [0.29, 0.717) is 6.04 Å². The van der Waals surface area contributed by atoms with E-state index in [0.717, 1.165) is 23.4 Å². The van der Waals surface area contributed by atoms with E-state index in [1.807, 2.05) is 0 Å². The molecule has 1 heterocycles. The number of aromatic nitrogens is 2. The van der Waals surface area contributed by atoms with E-state index < -0.39 is 0 Å². The standard InChI is InChI=1S/C11H19BrN4/c1-5-16(9(2)7-15(3)4)11-10(12)6-13-8-14-11/h6,8-9H,5,7H2,1-4H3. The quantitative estimate of drug-likeness (QED) is 0.829. The number of halogens is 1. The van der Waals surface area contributed by atoms with Gasteiger partial charge in [0.05, 0.1) is 4.47 Å². The Bertz CT molecular complexity index is 330. The summed E-state index contributed by atoms with van der Waals surface area (Å²) in [7, 11) is 4.17. The topological polar surface area (TPSA) is 32.3 Å². The molecule has 0 aliphatic rings. The second kappa shape index (κ2) is 6.15. The first-order chi connectivity index (χ1) is 7.56. The average Bonchev–Trinajstić information content (AvgIpc) is 2.20. The van der Waals surface area contributed by atoms with Crippen molar-refractivity contribution < 1.29 is 0 Å². The van der Waals surface area contributed by atoms with Gasteiger partial charge in [-0.2, -0.15) is 0 Å². The highest BCUT2D eigenvalue weighted by atomic mass is 79.9. The van der Waals surface area contributed by atoms with Crippen LogP contribution in [0.4, 0.5) is 5.82 Å². The van der Waals surface area contributed by atoms with Gasteiger partial charge in [0.1, 0.15) is 12.1 Å². The SMILES string of the molecule is CCN(c1ncncc1Br)C(C)CN(C)C. The van der Waals surface area contributed by atoms with Crippen molar-refractivity contribution in [3.05, 3.63) is 17.0 Å². The van der Waals surface area contributed by atoms with E-state index in [9.17, 15) is 0 Å². The molecular formula is C11H19BrN4. The fourth-order valence-electron chi connectivity index (χ4n) is 1.81. The third-order valence-electron chi connectivity index (χ3n) is 2.42. The molecule has 0 saturated carbocycles. The molecule has 0 aliphatic heterocycles. The maximum Gasteiger partial charge on any atom is 0.146 e. The van der Waals surface area contributed by atoms with Gasteiger partial charge in [0.2, 0.25) is 0 Å². The van der Waals surface area contributed by atoms with Gasteiger partial charge in [-0.3, -0.25) is 0 Å². The van der Waals surface area contributed by atoms with Gasteiger partial charge < -0.3 is 9.80 Å². The molecule has 1 atom stereocenters. The van der Waals surface area contributed by atoms with Crippen molar-refractivity contribution in [2.45, 2.75) is 19.9 Å². The predicted molar refractivity (Wildman–Crippen MR) is 70.8 cm³/mol. The van der Waals surface area contributed by atoms with Crippen LogP contribution in [0.1, 0.15) is 13.8 Å². The number of likely N-dealkylation sites (N-methyl/N-ethyl adjacent to an activating group) is 2. The molecule has 0 N–H and O–H groups in total. The minimum absolute atomic E-state index is 0.422. The summed E-state index contributed by atoms with van der Waals surface area (Å²) < 4.78 is 0.947. The fraction of sp³-hybridized carbons (Fsp3) is 0.636. The molecule has 0 spiro atoms. The molecule has 90 valence electrons. The van der Waals surface area contributed by atoms with Crippen molar-refractivity contribution in [1.82, 2.24) is 14.9 Å². The summed E-state index contributed by atoms with van der Waals surface area (Å²) in [5.41, 5.74) is 0. The van der Waals surface area contributed by atoms with E-state index in [2.05, 4.69) is 63.6 Å². The smallest absolute Gasteiger partial charge is 0.146 e. The van der Waals surface area contributed by atoms with E-state index >= 15 is 0 Å². The van der Waals surface area contributed by atoms with Crippen LogP contribution in [0.2, 0.25) is 0 Å². The zero-order valence-electron chi connectivity index (χ0n) is 10.3. The molecule has 0 radical (unpaired) electrons. The van der Waals surface area contributed by atoms with E-state index in [1.165, 1.54) is 0 Å². The largest absolute Gasteiger partial charge is 0.352 e. The predicted octanol–water partition coefficient (Wildman–Crippen LogP) is 2.02. The third kappa shape index (κ3) is 3.42. The van der Waals surface area contributed by atoms with Crippen molar-refractivity contribution >= 4 is 21.7 Å². The van der Waals surface area contributed by atoms with Crippen LogP contribution in [-0.4, -0.2) is 48.1 Å². The molecule has 4 nitrogen and oxygen atoms in total. The van der Waals surface area contributed by atoms with Crippen molar-refractivity contribution in [1.29, 1.82) is 0 Å². The number of rotatable bonds is 5. The Hall–Kier alpha value is -0.680. The Morgan fingerprint density at radius 1 is 1.44 bits per heavy atom. The molecule has 0 bridgehead atoms. The van der Waals surface area contributed by atoms with Crippen LogP contribution in [0.15, 0.2) is 17.0 Å². The summed E-state index contributed by atoms with van der Waals surface area (Å²) >= 11 is 3.49. The highest BCUT2D eigenvalue weighted by Crippen LogP contribution is 2.23. The fourth-order valence-corrected chi connectivity index (χ4v) is 2.26. The van der Waals surface area contributed by atoms with Gasteiger partial charge in [0.15, 0.2) is 0 Å². The van der Waals surface area contributed by atoms with E-state index in [-0.39, 0.29) is 0 Å². The van der Waals surface area contributed by atoms with Crippen LogP contribution in [0.3, 0.4) is 0 Å². The van der Waals surface area contributed by atoms with Gasteiger partial charge in [0, 0.05) is 25.3 Å². The lowest BCUT2D eigenvalue weighted by molar-refractivity contribution is 0.372. The first kappa shape index (κ1) is 13.4. The maximum absolute atomic E-state index is 4.33. The van der Waals surface area contributed by atoms with Gasteiger partial charge >= 0.3 is 0 Å². The normalized spacial score (nSPS) is 12.9. The number of hydrogen-bond acceptors (Lipinski definition) is 4. The third-order valence-corrected chi connectivity index (χ3v) is 2.98. The van der Waals surface area contributed by atoms with Gasteiger partial charge in [0.25, 0.3) is 0 Å². The zero-order chi connectivity index (χ0) is 12.1. The molecule has 0 aliphatic carbocycles. The Balaban J connectivity index is 2.86. The summed E-state index contributed by atoms with van der Waals surface area (Å²) in [4.78, 5) is 12.8. The molecule has 1 rings (SSSR count). The van der Waals surface area contributed by atoms with E-state index in [4.69, 9.17) is 0 Å². The van der Waals surface area contributed by atoms with Gasteiger partial charge in [-0.1, -0.05) is 0 Å². The molecule has 16 heavy (non-hydrogen) atoms. The van der Waals surface area contributed by atoms with Crippen molar-refractivity contribution in [2.75, 3.05) is 32.1 Å². The Labute approximate surface area is 106 Å². The average molecular weight is 287 g/mol. The molecule has 1 unspecified atom stereocenters. The summed E-state index contributed by atoms with van der Waals surface area (Å²) in [6.07, 6.45) is 3.37. The van der Waals surface area contributed by atoms with Crippen LogP contribution in [0, 0.1) is 0 Å². The highest BCUT2D eigenvalue weighted by Gasteiger charge is 2.16. The highest BCUT2D eigenvalue weighted by molar-refractivity contribution is 9.10. The first-order valence-corrected chi connectivity index (χ1v) is 6.22. The summed E-state index contributed by atoms with van der Waals surface area (Å²) in [6, 6.07) is 0.422. The minimum Gasteiger partial charge on any atom is -0.352 e. The van der Waals surface area contributed by atoms with Crippen LogP contribution >= 0.6 is 15.9 Å². The van der Waals surface area contributed by atoms with E-state index in [1.54, 1.807) is 12.5 Å². The molecule has 1 aromatic heterocycles. The lowest BCUT2D eigenvalue weighted by Gasteiger charge is -2.31. The van der Waals surface area contributed by atoms with Crippen LogP contribution < -0.4 is 4.90 Å². The van der Waals surface area contributed by atoms with Crippen molar-refractivity contribution in [2.24, 2.45) is 0 Å². The second-order valence-electron chi connectivity index (χ2n) is 4.09. The molecule has 0 amide bonds. The Kier molecular flexibility index (Phi) is 5.15. The summed E-state index contributed by atoms with van der Waals surface area (Å²) in [6.45, 7) is 6.29. The van der Waals surface area contributed by atoms with Crippen LogP contribution in [0.5, 0.6) is 0 Å². The van der Waals surface area contributed by atoms with Gasteiger partial charge in [-0.05, 0) is 43.9 Å². The number of hydrogen-bond donors (Lipinski definition) is 0. The monoisotopic (exact) mass is 286 g/mol. The number of nitrogens with zero attached hydrogens (tertiary/aromatic N) is 4.